The molecule has 0 aliphatic carbocycles. The summed E-state index contributed by atoms with van der Waals surface area (Å²) in [7, 11) is 2.17. The molecule has 0 saturated carbocycles. The van der Waals surface area contributed by atoms with Gasteiger partial charge in [0.1, 0.15) is 5.75 Å². The molecule has 2 aliphatic heterocycles. The molecule has 0 aromatic heterocycles. The molecule has 6 heteroatoms. The Morgan fingerprint density at radius 1 is 1.08 bits per heavy atom. The van der Waals surface area contributed by atoms with Crippen LogP contribution in [0.5, 0.6) is 5.75 Å². The summed E-state index contributed by atoms with van der Waals surface area (Å²) >= 11 is 0. The number of carbonyl (C=O) groups excluding carboxylic acids is 1. The Labute approximate surface area is 156 Å². The monoisotopic (exact) mass is 361 g/mol. The third-order valence-electron chi connectivity index (χ3n) is 5.76. The minimum absolute atomic E-state index is 0.104. The van der Waals surface area contributed by atoms with Crippen molar-refractivity contribution in [3.8, 4) is 5.75 Å². The van der Waals surface area contributed by atoms with Gasteiger partial charge in [-0.15, -0.1) is 0 Å². The molecule has 1 aromatic carbocycles. The number of amides is 1. The Morgan fingerprint density at radius 3 is 2.54 bits per heavy atom. The second-order valence-corrected chi connectivity index (χ2v) is 7.80. The highest BCUT2D eigenvalue weighted by molar-refractivity contribution is 5.79. The van der Waals surface area contributed by atoms with Crippen LogP contribution in [0.1, 0.15) is 12.0 Å². The smallest absolute Gasteiger partial charge is 0.227 e. The molecule has 1 amide bonds. The first-order valence-corrected chi connectivity index (χ1v) is 9.62. The van der Waals surface area contributed by atoms with E-state index in [2.05, 4.69) is 16.8 Å². The summed E-state index contributed by atoms with van der Waals surface area (Å²) in [5.74, 6) is 0.824. The number of rotatable bonds is 5. The molecule has 0 spiro atoms. The van der Waals surface area contributed by atoms with Gasteiger partial charge >= 0.3 is 0 Å². The Bertz CT molecular complexity index is 592. The molecule has 0 unspecified atom stereocenters. The fourth-order valence-corrected chi connectivity index (χ4v) is 4.07. The van der Waals surface area contributed by atoms with Gasteiger partial charge in [-0.25, -0.2) is 0 Å². The van der Waals surface area contributed by atoms with Crippen molar-refractivity contribution in [1.29, 1.82) is 0 Å². The van der Waals surface area contributed by atoms with Gasteiger partial charge in [0.05, 0.1) is 6.42 Å². The van der Waals surface area contributed by atoms with Gasteiger partial charge in [-0.05, 0) is 50.2 Å². The number of phenols is 1. The average Bonchev–Trinajstić information content (AvgIpc) is 2.93. The van der Waals surface area contributed by atoms with Gasteiger partial charge in [0.15, 0.2) is 0 Å². The third kappa shape index (κ3) is 4.96. The lowest BCUT2D eigenvalue weighted by Crippen LogP contribution is -2.36. The Kier molecular flexibility index (Phi) is 6.51. The molecule has 0 radical (unpaired) electrons. The van der Waals surface area contributed by atoms with E-state index in [0.717, 1.165) is 44.8 Å². The van der Waals surface area contributed by atoms with Gasteiger partial charge in [0, 0.05) is 45.2 Å². The second kappa shape index (κ2) is 8.84. The SMILES string of the molecule is CN1CCCN(C[C@@H]2CN(C(=O)Cc3ccc(O)cc3)C[C@@H]2CO)CC1. The maximum Gasteiger partial charge on any atom is 0.227 e. The van der Waals surface area contributed by atoms with E-state index in [1.54, 1.807) is 24.3 Å². The van der Waals surface area contributed by atoms with E-state index in [0.29, 0.717) is 18.9 Å². The van der Waals surface area contributed by atoms with Gasteiger partial charge in [0.2, 0.25) is 5.91 Å². The van der Waals surface area contributed by atoms with Crippen LogP contribution >= 0.6 is 0 Å². The zero-order chi connectivity index (χ0) is 18.5. The summed E-state index contributed by atoms with van der Waals surface area (Å²) in [5, 5.41) is 19.2. The molecule has 2 aliphatic rings. The van der Waals surface area contributed by atoms with Crippen molar-refractivity contribution >= 4 is 5.91 Å². The van der Waals surface area contributed by atoms with Gasteiger partial charge in [-0.3, -0.25) is 4.79 Å². The number of aliphatic hydroxyl groups excluding tert-OH is 1. The predicted octanol–water partition coefficient (Wildman–Crippen LogP) is 0.639. The number of hydrogen-bond acceptors (Lipinski definition) is 5. The first kappa shape index (κ1) is 19.1. The molecule has 144 valence electrons. The standard InChI is InChI=1S/C20H31N3O3/c1-21-7-2-8-22(10-9-21)12-17-13-23(14-18(17)15-24)20(26)11-16-3-5-19(25)6-4-16/h3-6,17-18,24-25H,2,7-15H2,1H3/t17-,18-/m1/s1. The van der Waals surface area contributed by atoms with Crippen LogP contribution in [0.3, 0.4) is 0 Å². The molecule has 2 heterocycles. The van der Waals surface area contributed by atoms with Crippen molar-refractivity contribution in [3.05, 3.63) is 29.8 Å². The number of nitrogens with zero attached hydrogens (tertiary/aromatic N) is 3. The first-order chi connectivity index (χ1) is 12.5. The van der Waals surface area contributed by atoms with E-state index in [1.807, 2.05) is 4.90 Å². The van der Waals surface area contributed by atoms with Crippen molar-refractivity contribution in [2.45, 2.75) is 12.8 Å². The number of aromatic hydroxyl groups is 1. The fourth-order valence-electron chi connectivity index (χ4n) is 4.07. The summed E-state index contributed by atoms with van der Waals surface area (Å²) in [5.41, 5.74) is 0.910. The Balaban J connectivity index is 1.55. The number of likely N-dealkylation sites (tertiary alicyclic amines) is 1. The summed E-state index contributed by atoms with van der Waals surface area (Å²) in [4.78, 5) is 19.4. The highest BCUT2D eigenvalue weighted by Crippen LogP contribution is 2.25. The molecule has 6 nitrogen and oxygen atoms in total. The lowest BCUT2D eigenvalue weighted by atomic mass is 9.96. The number of benzene rings is 1. The fraction of sp³-hybridized carbons (Fsp3) is 0.650. The highest BCUT2D eigenvalue weighted by atomic mass is 16.3. The van der Waals surface area contributed by atoms with E-state index in [-0.39, 0.29) is 24.2 Å². The van der Waals surface area contributed by atoms with E-state index >= 15 is 0 Å². The van der Waals surface area contributed by atoms with Gasteiger partial charge in [-0.2, -0.15) is 0 Å². The molecule has 0 bridgehead atoms. The number of likely N-dealkylation sites (N-methyl/N-ethyl adjacent to an activating group) is 1. The molecule has 2 fully saturated rings. The van der Waals surface area contributed by atoms with Crippen LogP contribution < -0.4 is 0 Å². The van der Waals surface area contributed by atoms with Crippen LogP contribution in [-0.4, -0.2) is 90.3 Å². The van der Waals surface area contributed by atoms with Crippen LogP contribution in [0.25, 0.3) is 0 Å². The van der Waals surface area contributed by atoms with E-state index < -0.39 is 0 Å². The molecule has 3 rings (SSSR count). The zero-order valence-corrected chi connectivity index (χ0v) is 15.7. The molecular formula is C20H31N3O3. The molecule has 1 aromatic rings. The first-order valence-electron chi connectivity index (χ1n) is 9.62. The summed E-state index contributed by atoms with van der Waals surface area (Å²) in [6.07, 6.45) is 1.52. The highest BCUT2D eigenvalue weighted by Gasteiger charge is 2.35. The van der Waals surface area contributed by atoms with Crippen LogP contribution in [0.4, 0.5) is 0 Å². The molecule has 2 N–H and O–H groups in total. The van der Waals surface area contributed by atoms with E-state index in [9.17, 15) is 15.0 Å². The van der Waals surface area contributed by atoms with Gasteiger partial charge < -0.3 is 24.9 Å². The average molecular weight is 361 g/mol. The second-order valence-electron chi connectivity index (χ2n) is 7.80. The van der Waals surface area contributed by atoms with Crippen molar-refractivity contribution in [3.63, 3.8) is 0 Å². The largest absolute Gasteiger partial charge is 0.508 e. The van der Waals surface area contributed by atoms with E-state index in [1.165, 1.54) is 6.42 Å². The van der Waals surface area contributed by atoms with Crippen LogP contribution in [0.2, 0.25) is 0 Å². The minimum atomic E-state index is 0.104. The zero-order valence-electron chi connectivity index (χ0n) is 15.7. The summed E-state index contributed by atoms with van der Waals surface area (Å²) in [6.45, 7) is 6.86. The van der Waals surface area contributed by atoms with Gasteiger partial charge in [0.25, 0.3) is 0 Å². The lowest BCUT2D eigenvalue weighted by molar-refractivity contribution is -0.129. The molecular weight excluding hydrogens is 330 g/mol. The number of aliphatic hydroxyl groups is 1. The summed E-state index contributed by atoms with van der Waals surface area (Å²) in [6, 6.07) is 6.81. The number of hydrogen-bond donors (Lipinski definition) is 2. The maximum atomic E-state index is 12.7. The topological polar surface area (TPSA) is 67.2 Å². The number of phenolic OH excluding ortho intramolecular Hbond substituents is 1. The van der Waals surface area contributed by atoms with Crippen molar-refractivity contribution in [1.82, 2.24) is 14.7 Å². The van der Waals surface area contributed by atoms with Crippen molar-refractivity contribution in [2.75, 3.05) is 59.5 Å². The Morgan fingerprint density at radius 2 is 1.81 bits per heavy atom. The lowest BCUT2D eigenvalue weighted by Gasteiger charge is -2.26. The normalized spacial score (nSPS) is 25.4. The quantitative estimate of drug-likeness (QED) is 0.806. The third-order valence-corrected chi connectivity index (χ3v) is 5.76. The number of carbonyl (C=O) groups is 1. The van der Waals surface area contributed by atoms with Gasteiger partial charge in [-0.1, -0.05) is 12.1 Å². The molecule has 2 saturated heterocycles. The van der Waals surface area contributed by atoms with E-state index in [4.69, 9.17) is 0 Å². The van der Waals surface area contributed by atoms with Crippen molar-refractivity contribution in [2.24, 2.45) is 11.8 Å². The van der Waals surface area contributed by atoms with Crippen molar-refractivity contribution < 1.29 is 15.0 Å². The predicted molar refractivity (Wildman–Crippen MR) is 101 cm³/mol. The van der Waals surface area contributed by atoms with Crippen LogP contribution in [0.15, 0.2) is 24.3 Å². The maximum absolute atomic E-state index is 12.7. The Hall–Kier alpha value is -1.63. The van der Waals surface area contributed by atoms with Crippen LogP contribution in [-0.2, 0) is 11.2 Å². The minimum Gasteiger partial charge on any atom is -0.508 e. The summed E-state index contributed by atoms with van der Waals surface area (Å²) < 4.78 is 0. The molecule has 26 heavy (non-hydrogen) atoms. The molecule has 2 atom stereocenters. The van der Waals surface area contributed by atoms with Crippen LogP contribution in [0, 0.1) is 11.8 Å².